The highest BCUT2D eigenvalue weighted by molar-refractivity contribution is 5.87. The first kappa shape index (κ1) is 17.8. The topological polar surface area (TPSA) is 50.8 Å². The molecule has 4 nitrogen and oxygen atoms in total. The second-order valence-corrected chi connectivity index (χ2v) is 6.03. The molecule has 0 saturated carbocycles. The molecule has 0 N–H and O–H groups in total. The number of fused-ring (bicyclic) bond motifs is 1. The van der Waals surface area contributed by atoms with E-state index >= 15 is 0 Å². The Bertz CT molecular complexity index is 972. The Labute approximate surface area is 148 Å². The van der Waals surface area contributed by atoms with Crippen LogP contribution in [0.4, 0.5) is 13.2 Å². The van der Waals surface area contributed by atoms with Crippen LogP contribution >= 0.6 is 0 Å². The summed E-state index contributed by atoms with van der Waals surface area (Å²) in [4.78, 5) is 3.96. The lowest BCUT2D eigenvalue weighted by molar-refractivity contribution is -0.136. The number of nitriles is 1. The van der Waals surface area contributed by atoms with E-state index in [0.29, 0.717) is 17.0 Å². The lowest BCUT2D eigenvalue weighted by Gasteiger charge is -2.19. The molecule has 0 radical (unpaired) electrons. The normalized spacial score (nSPS) is 12.8. The van der Waals surface area contributed by atoms with Gasteiger partial charge in [-0.25, -0.2) is 0 Å². The van der Waals surface area contributed by atoms with Gasteiger partial charge in [-0.3, -0.25) is 4.98 Å². The summed E-state index contributed by atoms with van der Waals surface area (Å²) in [6.45, 7) is 3.89. The molecule has 134 valence electrons. The summed E-state index contributed by atoms with van der Waals surface area (Å²) < 4.78 is 47.9. The quantitative estimate of drug-likeness (QED) is 0.667. The number of benzene rings is 1. The standard InChI is InChI=1S/C19H16F3N3O/c1-12-8-16-17(6-5-14(9-23)18(16)19(20,21)22)25(12)13(2)11-26-15-4-3-7-24-10-15/h3-8,10,13H,11H2,1-2H3. The number of alkyl halides is 3. The second-order valence-electron chi connectivity index (χ2n) is 6.03. The third kappa shape index (κ3) is 3.23. The van der Waals surface area contributed by atoms with Crippen LogP contribution in [0, 0.1) is 18.3 Å². The Balaban J connectivity index is 2.02. The van der Waals surface area contributed by atoms with E-state index in [2.05, 4.69) is 4.98 Å². The second kappa shape index (κ2) is 6.71. The molecule has 0 aliphatic heterocycles. The predicted molar refractivity (Wildman–Crippen MR) is 90.8 cm³/mol. The van der Waals surface area contributed by atoms with Gasteiger partial charge in [0.05, 0.1) is 29.4 Å². The van der Waals surface area contributed by atoms with E-state index in [4.69, 9.17) is 10.00 Å². The van der Waals surface area contributed by atoms with Gasteiger partial charge in [0, 0.05) is 22.8 Å². The maximum atomic E-state index is 13.5. The monoisotopic (exact) mass is 359 g/mol. The minimum atomic E-state index is -4.60. The first-order valence-electron chi connectivity index (χ1n) is 7.97. The van der Waals surface area contributed by atoms with Crippen LogP contribution in [0.3, 0.4) is 0 Å². The molecule has 7 heteroatoms. The highest BCUT2D eigenvalue weighted by atomic mass is 19.4. The van der Waals surface area contributed by atoms with Crippen molar-refractivity contribution < 1.29 is 17.9 Å². The molecule has 0 amide bonds. The average Bonchev–Trinajstić information content (AvgIpc) is 2.94. The van der Waals surface area contributed by atoms with Crippen molar-refractivity contribution in [3.05, 3.63) is 59.5 Å². The van der Waals surface area contributed by atoms with Crippen molar-refractivity contribution in [3.63, 3.8) is 0 Å². The number of hydrogen-bond acceptors (Lipinski definition) is 3. The highest BCUT2D eigenvalue weighted by Crippen LogP contribution is 2.39. The van der Waals surface area contributed by atoms with Crippen molar-refractivity contribution in [3.8, 4) is 11.8 Å². The molecular weight excluding hydrogens is 343 g/mol. The van der Waals surface area contributed by atoms with Gasteiger partial charge in [-0.2, -0.15) is 18.4 Å². The van der Waals surface area contributed by atoms with Crippen LogP contribution in [0.25, 0.3) is 10.9 Å². The lowest BCUT2D eigenvalue weighted by Crippen LogP contribution is -2.15. The van der Waals surface area contributed by atoms with E-state index in [1.807, 2.05) is 6.92 Å². The molecule has 3 rings (SSSR count). The summed E-state index contributed by atoms with van der Waals surface area (Å²) in [6.07, 6.45) is -1.39. The largest absolute Gasteiger partial charge is 0.490 e. The number of pyridine rings is 1. The molecule has 0 aliphatic carbocycles. The smallest absolute Gasteiger partial charge is 0.418 e. The number of nitrogens with zero attached hydrogens (tertiary/aromatic N) is 3. The molecule has 0 aliphatic rings. The number of aromatic nitrogens is 2. The first-order chi connectivity index (χ1) is 12.3. The van der Waals surface area contributed by atoms with Crippen molar-refractivity contribution in [1.82, 2.24) is 9.55 Å². The summed E-state index contributed by atoms with van der Waals surface area (Å²) in [5.74, 6) is 0.594. The molecule has 0 bridgehead atoms. The van der Waals surface area contributed by atoms with Gasteiger partial charge in [-0.05, 0) is 44.2 Å². The van der Waals surface area contributed by atoms with Crippen LogP contribution in [-0.4, -0.2) is 16.2 Å². The van der Waals surface area contributed by atoms with Gasteiger partial charge in [-0.15, -0.1) is 0 Å². The Morgan fingerprint density at radius 2 is 2.08 bits per heavy atom. The zero-order chi connectivity index (χ0) is 18.9. The maximum absolute atomic E-state index is 13.5. The van der Waals surface area contributed by atoms with E-state index < -0.39 is 11.7 Å². The van der Waals surface area contributed by atoms with Crippen LogP contribution in [0.2, 0.25) is 0 Å². The van der Waals surface area contributed by atoms with E-state index in [1.54, 1.807) is 48.2 Å². The minimum absolute atomic E-state index is 0.0299. The average molecular weight is 359 g/mol. The molecule has 1 unspecified atom stereocenters. The number of halogens is 3. The van der Waals surface area contributed by atoms with E-state index in [-0.39, 0.29) is 23.6 Å². The van der Waals surface area contributed by atoms with Gasteiger partial charge in [0.15, 0.2) is 0 Å². The van der Waals surface area contributed by atoms with Crippen molar-refractivity contribution >= 4 is 10.9 Å². The third-order valence-electron chi connectivity index (χ3n) is 4.19. The molecule has 2 heterocycles. The molecule has 0 spiro atoms. The van der Waals surface area contributed by atoms with Gasteiger partial charge in [-0.1, -0.05) is 0 Å². The molecule has 1 atom stereocenters. The Morgan fingerprint density at radius 3 is 2.69 bits per heavy atom. The van der Waals surface area contributed by atoms with Crippen molar-refractivity contribution in [2.75, 3.05) is 6.61 Å². The minimum Gasteiger partial charge on any atom is -0.490 e. The van der Waals surface area contributed by atoms with Gasteiger partial charge in [0.25, 0.3) is 0 Å². The van der Waals surface area contributed by atoms with E-state index in [9.17, 15) is 13.2 Å². The third-order valence-corrected chi connectivity index (χ3v) is 4.19. The van der Waals surface area contributed by atoms with Gasteiger partial charge in [0.2, 0.25) is 0 Å². The summed E-state index contributed by atoms with van der Waals surface area (Å²) in [6, 6.07) is 9.18. The number of ether oxygens (including phenoxy) is 1. The van der Waals surface area contributed by atoms with Crippen LogP contribution in [-0.2, 0) is 6.18 Å². The van der Waals surface area contributed by atoms with Crippen molar-refractivity contribution in [2.24, 2.45) is 0 Å². The summed E-state index contributed by atoms with van der Waals surface area (Å²) in [5.41, 5.74) is -0.167. The molecule has 1 aromatic carbocycles. The zero-order valence-corrected chi connectivity index (χ0v) is 14.2. The van der Waals surface area contributed by atoms with Crippen LogP contribution in [0.1, 0.15) is 29.8 Å². The van der Waals surface area contributed by atoms with Crippen LogP contribution < -0.4 is 4.74 Å². The fraction of sp³-hybridized carbons (Fsp3) is 0.263. The number of hydrogen-bond donors (Lipinski definition) is 0. The zero-order valence-electron chi connectivity index (χ0n) is 14.2. The summed E-state index contributed by atoms with van der Waals surface area (Å²) >= 11 is 0. The molecule has 26 heavy (non-hydrogen) atoms. The van der Waals surface area contributed by atoms with Gasteiger partial charge < -0.3 is 9.30 Å². The SMILES string of the molecule is Cc1cc2c(C(F)(F)F)c(C#N)ccc2n1C(C)COc1cccnc1. The number of aryl methyl sites for hydroxylation is 1. The Hall–Kier alpha value is -3.01. The van der Waals surface area contributed by atoms with E-state index in [1.165, 1.54) is 12.1 Å². The lowest BCUT2D eigenvalue weighted by atomic mass is 10.0. The first-order valence-corrected chi connectivity index (χ1v) is 7.97. The Morgan fingerprint density at radius 1 is 1.31 bits per heavy atom. The molecule has 3 aromatic rings. The van der Waals surface area contributed by atoms with Crippen molar-refractivity contribution in [2.45, 2.75) is 26.1 Å². The maximum Gasteiger partial charge on any atom is 0.418 e. The predicted octanol–water partition coefficient (Wildman–Crippen LogP) is 4.88. The van der Waals surface area contributed by atoms with E-state index in [0.717, 1.165) is 0 Å². The summed E-state index contributed by atoms with van der Waals surface area (Å²) in [7, 11) is 0. The van der Waals surface area contributed by atoms with Crippen LogP contribution in [0.5, 0.6) is 5.75 Å². The molecule has 0 fully saturated rings. The fourth-order valence-corrected chi connectivity index (χ4v) is 3.14. The summed E-state index contributed by atoms with van der Waals surface area (Å²) in [5, 5.41) is 9.08. The number of rotatable bonds is 4. The highest BCUT2D eigenvalue weighted by Gasteiger charge is 2.36. The van der Waals surface area contributed by atoms with Gasteiger partial charge in [0.1, 0.15) is 12.4 Å². The van der Waals surface area contributed by atoms with Gasteiger partial charge >= 0.3 is 6.18 Å². The van der Waals surface area contributed by atoms with Crippen molar-refractivity contribution in [1.29, 1.82) is 5.26 Å². The fourth-order valence-electron chi connectivity index (χ4n) is 3.14. The molecule has 0 saturated heterocycles. The Kier molecular flexibility index (Phi) is 4.60. The molecular formula is C19H16F3N3O. The molecule has 2 aromatic heterocycles. The van der Waals surface area contributed by atoms with Crippen LogP contribution in [0.15, 0.2) is 42.7 Å².